The van der Waals surface area contributed by atoms with E-state index in [4.69, 9.17) is 0 Å². The summed E-state index contributed by atoms with van der Waals surface area (Å²) in [6.07, 6.45) is 5.65. The second-order valence-electron chi connectivity index (χ2n) is 7.07. The lowest BCUT2D eigenvalue weighted by Crippen LogP contribution is -2.49. The van der Waals surface area contributed by atoms with Crippen molar-refractivity contribution in [3.05, 3.63) is 0 Å². The van der Waals surface area contributed by atoms with E-state index in [-0.39, 0.29) is 6.04 Å². The normalized spacial score (nSPS) is 37.7. The van der Waals surface area contributed by atoms with Crippen LogP contribution in [0.1, 0.15) is 52.4 Å². The minimum absolute atomic E-state index is 0.0791. The van der Waals surface area contributed by atoms with Crippen LogP contribution in [-0.4, -0.2) is 45.7 Å². The molecule has 2 rings (SSSR count). The van der Waals surface area contributed by atoms with Gasteiger partial charge < -0.3 is 20.6 Å². The highest BCUT2D eigenvalue weighted by Gasteiger charge is 2.45. The van der Waals surface area contributed by atoms with Gasteiger partial charge in [0.25, 0.3) is 0 Å². The summed E-state index contributed by atoms with van der Waals surface area (Å²) in [5, 5.41) is 33.2. The predicted octanol–water partition coefficient (Wildman–Crippen LogP) is 1.04. The van der Waals surface area contributed by atoms with Crippen LogP contribution in [0.2, 0.25) is 0 Å². The molecular weight excluding hydrogens is 242 g/mol. The van der Waals surface area contributed by atoms with Crippen molar-refractivity contribution in [1.82, 2.24) is 5.32 Å². The molecule has 0 saturated heterocycles. The Morgan fingerprint density at radius 3 is 2.32 bits per heavy atom. The maximum absolute atomic E-state index is 10.2. The van der Waals surface area contributed by atoms with Gasteiger partial charge in [-0.25, -0.2) is 0 Å². The van der Waals surface area contributed by atoms with Gasteiger partial charge in [0.05, 0.1) is 17.8 Å². The highest BCUT2D eigenvalue weighted by Crippen LogP contribution is 2.39. The fourth-order valence-corrected chi connectivity index (χ4v) is 3.75. The van der Waals surface area contributed by atoms with Crippen molar-refractivity contribution in [2.24, 2.45) is 11.8 Å². The molecule has 2 saturated carbocycles. The molecule has 0 amide bonds. The van der Waals surface area contributed by atoms with Crippen LogP contribution in [0, 0.1) is 11.8 Å². The number of aliphatic hydroxyl groups excluding tert-OH is 2. The molecule has 0 aromatic rings. The molecular formula is C15H29NO3. The summed E-state index contributed by atoms with van der Waals surface area (Å²) in [4.78, 5) is 0. The third-order valence-electron chi connectivity index (χ3n) is 4.76. The Hall–Kier alpha value is -0.160. The van der Waals surface area contributed by atoms with Crippen LogP contribution >= 0.6 is 0 Å². The average Bonchev–Trinajstić information content (AvgIpc) is 2.64. The topological polar surface area (TPSA) is 72.7 Å². The van der Waals surface area contributed by atoms with Crippen LogP contribution in [0.3, 0.4) is 0 Å². The van der Waals surface area contributed by atoms with Gasteiger partial charge in [-0.3, -0.25) is 0 Å². The van der Waals surface area contributed by atoms with Crippen molar-refractivity contribution < 1.29 is 15.3 Å². The molecule has 0 bridgehead atoms. The molecule has 0 aliphatic heterocycles. The van der Waals surface area contributed by atoms with Gasteiger partial charge in [-0.1, -0.05) is 32.1 Å². The summed E-state index contributed by atoms with van der Waals surface area (Å²) in [6.45, 7) is 3.96. The standard InChI is InChI=1S/C15H29NO3/c1-15(2,19)9-16-13-11(8-12(17)14(13)18)10-6-4-3-5-7-10/h10-14,16-19H,3-9H2,1-2H3. The lowest BCUT2D eigenvalue weighted by molar-refractivity contribution is 0.0190. The van der Waals surface area contributed by atoms with Gasteiger partial charge in [0.2, 0.25) is 0 Å². The monoisotopic (exact) mass is 271 g/mol. The maximum Gasteiger partial charge on any atom is 0.0954 e. The number of hydrogen-bond acceptors (Lipinski definition) is 4. The average molecular weight is 271 g/mol. The molecule has 0 spiro atoms. The van der Waals surface area contributed by atoms with E-state index in [9.17, 15) is 15.3 Å². The predicted molar refractivity (Wildman–Crippen MR) is 74.8 cm³/mol. The molecule has 4 heteroatoms. The number of aliphatic hydroxyl groups is 3. The van der Waals surface area contributed by atoms with Crippen molar-refractivity contribution in [2.75, 3.05) is 6.54 Å². The molecule has 2 aliphatic rings. The van der Waals surface area contributed by atoms with Gasteiger partial charge in [-0.15, -0.1) is 0 Å². The third kappa shape index (κ3) is 3.91. The van der Waals surface area contributed by atoms with E-state index in [1.54, 1.807) is 13.8 Å². The number of hydrogen-bond donors (Lipinski definition) is 4. The zero-order valence-corrected chi connectivity index (χ0v) is 12.2. The molecule has 19 heavy (non-hydrogen) atoms. The Morgan fingerprint density at radius 1 is 1.11 bits per heavy atom. The van der Waals surface area contributed by atoms with Gasteiger partial charge >= 0.3 is 0 Å². The van der Waals surface area contributed by atoms with Crippen molar-refractivity contribution in [2.45, 2.75) is 76.2 Å². The minimum Gasteiger partial charge on any atom is -0.390 e. The largest absolute Gasteiger partial charge is 0.390 e. The highest BCUT2D eigenvalue weighted by atomic mass is 16.3. The van der Waals surface area contributed by atoms with Crippen molar-refractivity contribution >= 4 is 0 Å². The van der Waals surface area contributed by atoms with Crippen LogP contribution in [-0.2, 0) is 0 Å². The van der Waals surface area contributed by atoms with Gasteiger partial charge in [-0.05, 0) is 32.1 Å². The Bertz CT molecular complexity index is 284. The molecule has 4 nitrogen and oxygen atoms in total. The lowest BCUT2D eigenvalue weighted by Gasteiger charge is -2.34. The second-order valence-corrected chi connectivity index (χ2v) is 7.07. The van der Waals surface area contributed by atoms with Gasteiger partial charge in [0.1, 0.15) is 0 Å². The van der Waals surface area contributed by atoms with Crippen molar-refractivity contribution in [3.8, 4) is 0 Å². The Balaban J connectivity index is 1.98. The van der Waals surface area contributed by atoms with E-state index >= 15 is 0 Å². The molecule has 2 aliphatic carbocycles. The van der Waals surface area contributed by atoms with E-state index in [0.29, 0.717) is 24.8 Å². The molecule has 0 radical (unpaired) electrons. The van der Waals surface area contributed by atoms with Crippen LogP contribution in [0.4, 0.5) is 0 Å². The van der Waals surface area contributed by atoms with Crippen molar-refractivity contribution in [1.29, 1.82) is 0 Å². The molecule has 0 heterocycles. The lowest BCUT2D eigenvalue weighted by atomic mass is 9.77. The summed E-state index contributed by atoms with van der Waals surface area (Å²) in [5.74, 6) is 0.951. The summed E-state index contributed by atoms with van der Waals surface area (Å²) in [6, 6.07) is -0.0791. The molecule has 112 valence electrons. The van der Waals surface area contributed by atoms with Crippen molar-refractivity contribution in [3.63, 3.8) is 0 Å². The second kappa shape index (κ2) is 6.08. The molecule has 4 N–H and O–H groups in total. The molecule has 0 aromatic heterocycles. The Kier molecular flexibility index (Phi) is 4.88. The summed E-state index contributed by atoms with van der Waals surface area (Å²) in [5.41, 5.74) is -0.787. The summed E-state index contributed by atoms with van der Waals surface area (Å²) in [7, 11) is 0. The first-order valence-corrected chi connectivity index (χ1v) is 7.70. The van der Waals surface area contributed by atoms with Gasteiger partial charge in [-0.2, -0.15) is 0 Å². The molecule has 4 atom stereocenters. The van der Waals surface area contributed by atoms with E-state index in [1.165, 1.54) is 32.1 Å². The Labute approximate surface area is 116 Å². The van der Waals surface area contributed by atoms with Crippen LogP contribution in [0.25, 0.3) is 0 Å². The van der Waals surface area contributed by atoms with Crippen LogP contribution in [0.5, 0.6) is 0 Å². The summed E-state index contributed by atoms with van der Waals surface area (Å²) >= 11 is 0. The Morgan fingerprint density at radius 2 is 1.74 bits per heavy atom. The fourth-order valence-electron chi connectivity index (χ4n) is 3.75. The first-order valence-electron chi connectivity index (χ1n) is 7.70. The zero-order valence-electron chi connectivity index (χ0n) is 12.2. The van der Waals surface area contributed by atoms with Crippen LogP contribution in [0.15, 0.2) is 0 Å². The van der Waals surface area contributed by atoms with E-state index in [0.717, 1.165) is 0 Å². The number of nitrogens with one attached hydrogen (secondary N) is 1. The third-order valence-corrected chi connectivity index (χ3v) is 4.76. The molecule has 0 aromatic carbocycles. The first kappa shape index (κ1) is 15.2. The van der Waals surface area contributed by atoms with Gasteiger partial charge in [0, 0.05) is 12.6 Å². The quantitative estimate of drug-likeness (QED) is 0.616. The zero-order chi connectivity index (χ0) is 14.0. The van der Waals surface area contributed by atoms with E-state index < -0.39 is 17.8 Å². The van der Waals surface area contributed by atoms with E-state index in [1.807, 2.05) is 0 Å². The smallest absolute Gasteiger partial charge is 0.0954 e. The van der Waals surface area contributed by atoms with Crippen LogP contribution < -0.4 is 5.32 Å². The molecule has 4 unspecified atom stereocenters. The highest BCUT2D eigenvalue weighted by molar-refractivity contribution is 4.99. The first-order chi connectivity index (χ1) is 8.88. The van der Waals surface area contributed by atoms with Gasteiger partial charge in [0.15, 0.2) is 0 Å². The molecule has 2 fully saturated rings. The minimum atomic E-state index is -0.787. The fraction of sp³-hybridized carbons (Fsp3) is 1.00. The van der Waals surface area contributed by atoms with E-state index in [2.05, 4.69) is 5.32 Å². The summed E-state index contributed by atoms with van der Waals surface area (Å²) < 4.78 is 0. The maximum atomic E-state index is 10.2. The SMILES string of the molecule is CC(C)(O)CNC1C(O)C(O)CC1C1CCCCC1. The number of rotatable bonds is 4.